The molecule has 82 valence electrons. The van der Waals surface area contributed by atoms with Crippen LogP contribution in [-0.4, -0.2) is 24.2 Å². The topological polar surface area (TPSA) is 74.5 Å². The molecule has 5 nitrogen and oxygen atoms in total. The van der Waals surface area contributed by atoms with Crippen LogP contribution in [0.5, 0.6) is 0 Å². The van der Waals surface area contributed by atoms with Gasteiger partial charge >= 0.3 is 6.03 Å². The number of aliphatic hydroxyl groups excluding tert-OH is 1. The number of furan rings is 1. The van der Waals surface area contributed by atoms with Gasteiger partial charge in [-0.2, -0.15) is 0 Å². The van der Waals surface area contributed by atoms with Gasteiger partial charge in [-0.25, -0.2) is 4.79 Å². The maximum Gasteiger partial charge on any atom is 0.315 e. The Labute approximate surface area is 87.8 Å². The van der Waals surface area contributed by atoms with Crippen LogP contribution in [0.25, 0.3) is 0 Å². The zero-order valence-corrected chi connectivity index (χ0v) is 8.27. The van der Waals surface area contributed by atoms with E-state index in [4.69, 9.17) is 4.42 Å². The minimum absolute atomic E-state index is 0.108. The Bertz CT molecular complexity index is 308. The molecular formula is C10H14N2O3. The molecule has 0 spiro atoms. The highest BCUT2D eigenvalue weighted by molar-refractivity contribution is 5.73. The van der Waals surface area contributed by atoms with Crippen LogP contribution in [0.4, 0.5) is 4.79 Å². The number of amides is 2. The van der Waals surface area contributed by atoms with E-state index in [1.54, 1.807) is 18.2 Å². The molecule has 0 fully saturated rings. The first-order chi connectivity index (χ1) is 7.24. The number of carbonyl (C=O) groups excluding carboxylic acids is 1. The minimum Gasteiger partial charge on any atom is -0.467 e. The van der Waals surface area contributed by atoms with E-state index in [-0.39, 0.29) is 12.6 Å². The summed E-state index contributed by atoms with van der Waals surface area (Å²) in [6.07, 6.45) is 2.22. The van der Waals surface area contributed by atoms with Gasteiger partial charge in [0.05, 0.1) is 12.8 Å². The fourth-order valence-electron chi connectivity index (χ4n) is 0.998. The lowest BCUT2D eigenvalue weighted by Gasteiger charge is -2.09. The van der Waals surface area contributed by atoms with Crippen molar-refractivity contribution in [2.75, 3.05) is 13.1 Å². The van der Waals surface area contributed by atoms with Gasteiger partial charge in [0.15, 0.2) is 0 Å². The average molecular weight is 210 g/mol. The lowest BCUT2D eigenvalue weighted by molar-refractivity contribution is 0.148. The van der Waals surface area contributed by atoms with E-state index >= 15 is 0 Å². The minimum atomic E-state index is -0.825. The summed E-state index contributed by atoms with van der Waals surface area (Å²) in [7, 11) is 0. The quantitative estimate of drug-likeness (QED) is 0.629. The number of hydrogen-bond donors (Lipinski definition) is 3. The molecule has 0 aliphatic carbocycles. The average Bonchev–Trinajstić information content (AvgIpc) is 2.76. The van der Waals surface area contributed by atoms with Gasteiger partial charge in [0.2, 0.25) is 0 Å². The summed E-state index contributed by atoms with van der Waals surface area (Å²) in [4.78, 5) is 11.1. The number of rotatable bonds is 5. The third-order valence-corrected chi connectivity index (χ3v) is 1.73. The van der Waals surface area contributed by atoms with Gasteiger partial charge in [0, 0.05) is 6.54 Å². The van der Waals surface area contributed by atoms with E-state index in [9.17, 15) is 9.90 Å². The Morgan fingerprint density at radius 2 is 2.47 bits per heavy atom. The zero-order valence-electron chi connectivity index (χ0n) is 8.27. The first-order valence-corrected chi connectivity index (χ1v) is 4.58. The molecule has 1 rings (SSSR count). The highest BCUT2D eigenvalue weighted by atomic mass is 16.4. The van der Waals surface area contributed by atoms with Crippen LogP contribution in [0.3, 0.4) is 0 Å². The van der Waals surface area contributed by atoms with Gasteiger partial charge in [0.1, 0.15) is 11.9 Å². The van der Waals surface area contributed by atoms with Gasteiger partial charge in [-0.15, -0.1) is 6.58 Å². The summed E-state index contributed by atoms with van der Waals surface area (Å²) in [5.74, 6) is 0.430. The van der Waals surface area contributed by atoms with Crippen LogP contribution < -0.4 is 10.6 Å². The van der Waals surface area contributed by atoms with Gasteiger partial charge in [-0.1, -0.05) is 6.08 Å². The summed E-state index contributed by atoms with van der Waals surface area (Å²) < 4.78 is 4.97. The van der Waals surface area contributed by atoms with Crippen LogP contribution in [0.15, 0.2) is 35.5 Å². The molecule has 0 aromatic carbocycles. The lowest BCUT2D eigenvalue weighted by atomic mass is 10.3. The molecule has 2 amide bonds. The fourth-order valence-corrected chi connectivity index (χ4v) is 0.998. The molecule has 1 aromatic heterocycles. The first kappa shape index (κ1) is 11.3. The van der Waals surface area contributed by atoms with Gasteiger partial charge in [-0.05, 0) is 12.1 Å². The number of hydrogen-bond acceptors (Lipinski definition) is 3. The van der Waals surface area contributed by atoms with Crippen molar-refractivity contribution >= 4 is 6.03 Å². The fraction of sp³-hybridized carbons (Fsp3) is 0.300. The van der Waals surface area contributed by atoms with E-state index in [1.807, 2.05) is 0 Å². The van der Waals surface area contributed by atoms with Crippen molar-refractivity contribution in [1.29, 1.82) is 0 Å². The van der Waals surface area contributed by atoms with E-state index in [1.165, 1.54) is 6.26 Å². The van der Waals surface area contributed by atoms with E-state index in [0.29, 0.717) is 12.3 Å². The second kappa shape index (κ2) is 5.87. The summed E-state index contributed by atoms with van der Waals surface area (Å²) in [5.41, 5.74) is 0. The first-order valence-electron chi connectivity index (χ1n) is 4.58. The van der Waals surface area contributed by atoms with Crippen LogP contribution in [0, 0.1) is 0 Å². The molecule has 15 heavy (non-hydrogen) atoms. The largest absolute Gasteiger partial charge is 0.467 e. The van der Waals surface area contributed by atoms with Crippen molar-refractivity contribution in [1.82, 2.24) is 10.6 Å². The molecule has 1 atom stereocenters. The predicted octanol–water partition coefficient (Wildman–Crippen LogP) is 0.798. The van der Waals surface area contributed by atoms with Gasteiger partial charge < -0.3 is 20.2 Å². The van der Waals surface area contributed by atoms with Crippen molar-refractivity contribution in [3.05, 3.63) is 36.8 Å². The molecule has 0 radical (unpaired) electrons. The zero-order chi connectivity index (χ0) is 11.1. The Morgan fingerprint density at radius 3 is 3.07 bits per heavy atom. The van der Waals surface area contributed by atoms with Gasteiger partial charge in [0.25, 0.3) is 0 Å². The van der Waals surface area contributed by atoms with Crippen LogP contribution in [0.1, 0.15) is 11.9 Å². The predicted molar refractivity (Wildman–Crippen MR) is 55.3 cm³/mol. The van der Waals surface area contributed by atoms with E-state index in [0.717, 1.165) is 0 Å². The Morgan fingerprint density at radius 1 is 1.67 bits per heavy atom. The molecule has 0 saturated carbocycles. The molecule has 5 heteroatoms. The Kier molecular flexibility index (Phi) is 4.43. The smallest absolute Gasteiger partial charge is 0.315 e. The van der Waals surface area contributed by atoms with Crippen LogP contribution in [0.2, 0.25) is 0 Å². The maximum absolute atomic E-state index is 11.1. The van der Waals surface area contributed by atoms with E-state index < -0.39 is 6.10 Å². The van der Waals surface area contributed by atoms with E-state index in [2.05, 4.69) is 17.2 Å². The number of aliphatic hydroxyl groups is 1. The number of urea groups is 1. The van der Waals surface area contributed by atoms with Crippen molar-refractivity contribution in [2.45, 2.75) is 6.10 Å². The molecule has 1 aromatic rings. The number of nitrogens with one attached hydrogen (secondary N) is 2. The molecule has 3 N–H and O–H groups in total. The third-order valence-electron chi connectivity index (χ3n) is 1.73. The second-order valence-corrected chi connectivity index (χ2v) is 2.91. The normalized spacial score (nSPS) is 11.8. The van der Waals surface area contributed by atoms with Gasteiger partial charge in [-0.3, -0.25) is 0 Å². The molecule has 0 saturated heterocycles. The van der Waals surface area contributed by atoms with Crippen LogP contribution in [-0.2, 0) is 0 Å². The monoisotopic (exact) mass is 210 g/mol. The number of carbonyl (C=O) groups is 1. The highest BCUT2D eigenvalue weighted by Gasteiger charge is 2.10. The Balaban J connectivity index is 2.25. The summed E-state index contributed by atoms with van der Waals surface area (Å²) in [6.45, 7) is 3.96. The third kappa shape index (κ3) is 3.86. The summed E-state index contributed by atoms with van der Waals surface area (Å²) >= 11 is 0. The lowest BCUT2D eigenvalue weighted by Crippen LogP contribution is -2.37. The standard InChI is InChI=1S/C10H14N2O3/c1-2-5-11-10(14)12-7-8(13)9-4-3-6-15-9/h2-4,6,8,13H,1,5,7H2,(H2,11,12,14). The van der Waals surface area contributed by atoms with Crippen molar-refractivity contribution in [2.24, 2.45) is 0 Å². The van der Waals surface area contributed by atoms with Crippen LogP contribution >= 0.6 is 0 Å². The molecule has 0 aliphatic heterocycles. The Hall–Kier alpha value is -1.75. The SMILES string of the molecule is C=CCNC(=O)NCC(O)c1ccco1. The molecule has 0 bridgehead atoms. The molecule has 1 unspecified atom stereocenters. The highest BCUT2D eigenvalue weighted by Crippen LogP contribution is 2.11. The van der Waals surface area contributed by atoms with Crippen molar-refractivity contribution in [3.63, 3.8) is 0 Å². The molecule has 1 heterocycles. The summed E-state index contributed by atoms with van der Waals surface area (Å²) in [5, 5.41) is 14.5. The maximum atomic E-state index is 11.1. The van der Waals surface area contributed by atoms with Crippen molar-refractivity contribution in [3.8, 4) is 0 Å². The summed E-state index contributed by atoms with van der Waals surface area (Å²) in [6, 6.07) is 2.98. The van der Waals surface area contributed by atoms with Crippen molar-refractivity contribution < 1.29 is 14.3 Å². The molecular weight excluding hydrogens is 196 g/mol. The molecule has 0 aliphatic rings. The second-order valence-electron chi connectivity index (χ2n) is 2.91.